The Labute approximate surface area is 132 Å². The van der Waals surface area contributed by atoms with Crippen LogP contribution in [0.3, 0.4) is 0 Å². The van der Waals surface area contributed by atoms with Gasteiger partial charge in [0.1, 0.15) is 0 Å². The van der Waals surface area contributed by atoms with Crippen molar-refractivity contribution in [3.8, 4) is 0 Å². The van der Waals surface area contributed by atoms with Crippen LogP contribution in [0.4, 0.5) is 5.69 Å². The number of hydrogen-bond acceptors (Lipinski definition) is 4. The van der Waals surface area contributed by atoms with Gasteiger partial charge < -0.3 is 4.90 Å². The van der Waals surface area contributed by atoms with Crippen molar-refractivity contribution in [1.82, 2.24) is 4.98 Å². The van der Waals surface area contributed by atoms with Crippen molar-refractivity contribution >= 4 is 46.1 Å². The van der Waals surface area contributed by atoms with Crippen LogP contribution in [0.5, 0.6) is 0 Å². The quantitative estimate of drug-likeness (QED) is 0.753. The Morgan fingerprint density at radius 3 is 2.75 bits per heavy atom. The normalized spacial score (nSPS) is 14.8. The van der Waals surface area contributed by atoms with E-state index in [2.05, 4.69) is 42.1 Å². The molecule has 3 rings (SSSR count). The lowest BCUT2D eigenvalue weighted by molar-refractivity contribution is 1.15. The largest absolute Gasteiger partial charge is 0.329 e. The predicted octanol–water partition coefficient (Wildman–Crippen LogP) is 5.23. The van der Waals surface area contributed by atoms with Gasteiger partial charge in [-0.3, -0.25) is 0 Å². The van der Waals surface area contributed by atoms with E-state index in [1.165, 1.54) is 21.8 Å². The first-order valence-corrected chi connectivity index (χ1v) is 8.60. The molecule has 0 spiro atoms. The van der Waals surface area contributed by atoms with Crippen molar-refractivity contribution in [1.29, 1.82) is 0 Å². The maximum absolute atomic E-state index is 6.16. The summed E-state index contributed by atoms with van der Waals surface area (Å²) in [7, 11) is 0. The summed E-state index contributed by atoms with van der Waals surface area (Å²) in [6.45, 7) is 6.25. The summed E-state index contributed by atoms with van der Waals surface area (Å²) in [5.74, 6) is 0.924. The number of thioether (sulfide) groups is 1. The molecule has 20 heavy (non-hydrogen) atoms. The van der Waals surface area contributed by atoms with E-state index in [0.29, 0.717) is 0 Å². The molecule has 1 aromatic carbocycles. The van der Waals surface area contributed by atoms with Gasteiger partial charge in [-0.2, -0.15) is 0 Å². The lowest BCUT2D eigenvalue weighted by Crippen LogP contribution is -2.17. The van der Waals surface area contributed by atoms with Crippen molar-refractivity contribution in [2.75, 3.05) is 10.8 Å². The molecule has 0 amide bonds. The highest BCUT2D eigenvalue weighted by atomic mass is 35.5. The van der Waals surface area contributed by atoms with E-state index < -0.39 is 0 Å². The Morgan fingerprint density at radius 1 is 1.25 bits per heavy atom. The zero-order chi connectivity index (χ0) is 14.3. The van der Waals surface area contributed by atoms with E-state index in [9.17, 15) is 0 Å². The maximum atomic E-state index is 6.16. The zero-order valence-electron chi connectivity index (χ0n) is 11.6. The number of hydrogen-bond donors (Lipinski definition) is 0. The molecule has 2 aromatic rings. The van der Waals surface area contributed by atoms with Gasteiger partial charge in [0.2, 0.25) is 0 Å². The van der Waals surface area contributed by atoms with Crippen LogP contribution in [-0.4, -0.2) is 10.9 Å². The van der Waals surface area contributed by atoms with Crippen LogP contribution >= 0.6 is 34.7 Å². The standard InChI is InChI=1S/C15H15ClN2S2/c1-9-4-5-12(16)6-13(9)18-8-19-7-14(18)15-10(2)17-11(3)20-15/h4-7H,8H2,1-3H3. The first kappa shape index (κ1) is 14.0. The third kappa shape index (κ3) is 2.48. The molecule has 1 aliphatic heterocycles. The van der Waals surface area contributed by atoms with Crippen molar-refractivity contribution in [2.24, 2.45) is 0 Å². The van der Waals surface area contributed by atoms with Crippen molar-refractivity contribution in [3.05, 3.63) is 49.8 Å². The van der Waals surface area contributed by atoms with Crippen LogP contribution in [0, 0.1) is 20.8 Å². The smallest absolute Gasteiger partial charge is 0.0904 e. The molecule has 104 valence electrons. The van der Waals surface area contributed by atoms with Gasteiger partial charge in [-0.15, -0.1) is 23.1 Å². The Morgan fingerprint density at radius 2 is 2.05 bits per heavy atom. The number of aromatic nitrogens is 1. The molecule has 0 unspecified atom stereocenters. The highest BCUT2D eigenvalue weighted by Gasteiger charge is 2.23. The van der Waals surface area contributed by atoms with E-state index in [0.717, 1.165) is 21.6 Å². The minimum atomic E-state index is 0.777. The summed E-state index contributed by atoms with van der Waals surface area (Å²) in [6, 6.07) is 6.05. The SMILES string of the molecule is Cc1nc(C)c(C2=CSCN2c2cc(Cl)ccc2C)s1. The maximum Gasteiger partial charge on any atom is 0.0904 e. The summed E-state index contributed by atoms with van der Waals surface area (Å²) >= 11 is 9.73. The highest BCUT2D eigenvalue weighted by molar-refractivity contribution is 8.02. The lowest BCUT2D eigenvalue weighted by atomic mass is 10.1. The average molecular weight is 323 g/mol. The van der Waals surface area contributed by atoms with Gasteiger partial charge in [-0.1, -0.05) is 17.7 Å². The van der Waals surface area contributed by atoms with Gasteiger partial charge in [-0.05, 0) is 43.9 Å². The molecule has 2 nitrogen and oxygen atoms in total. The highest BCUT2D eigenvalue weighted by Crippen LogP contribution is 2.40. The van der Waals surface area contributed by atoms with Gasteiger partial charge in [0.05, 0.1) is 27.2 Å². The first-order chi connectivity index (χ1) is 9.56. The number of rotatable bonds is 2. The second kappa shape index (κ2) is 5.43. The molecule has 0 atom stereocenters. The van der Waals surface area contributed by atoms with E-state index in [1.54, 1.807) is 11.3 Å². The topological polar surface area (TPSA) is 16.1 Å². The number of benzene rings is 1. The fourth-order valence-corrected chi connectivity index (χ4v) is 4.43. The third-order valence-electron chi connectivity index (χ3n) is 3.29. The molecule has 0 saturated carbocycles. The Hall–Kier alpha value is -0.970. The molecule has 1 aromatic heterocycles. The minimum Gasteiger partial charge on any atom is -0.329 e. The molecule has 5 heteroatoms. The van der Waals surface area contributed by atoms with E-state index in [-0.39, 0.29) is 0 Å². The van der Waals surface area contributed by atoms with E-state index in [1.807, 2.05) is 23.9 Å². The molecule has 0 radical (unpaired) electrons. The average Bonchev–Trinajstić information content (AvgIpc) is 2.98. The van der Waals surface area contributed by atoms with Crippen LogP contribution < -0.4 is 4.90 Å². The molecule has 0 aliphatic carbocycles. The summed E-state index contributed by atoms with van der Waals surface area (Å²) in [5, 5.41) is 4.11. The van der Waals surface area contributed by atoms with Gasteiger partial charge >= 0.3 is 0 Å². The zero-order valence-corrected chi connectivity index (χ0v) is 14.0. The molecular formula is C15H15ClN2S2. The number of nitrogens with zero attached hydrogens (tertiary/aromatic N) is 2. The molecular weight excluding hydrogens is 308 g/mol. The van der Waals surface area contributed by atoms with Crippen LogP contribution in [0.15, 0.2) is 23.6 Å². The molecule has 1 aliphatic rings. The molecule has 0 fully saturated rings. The van der Waals surface area contributed by atoms with Crippen LogP contribution in [-0.2, 0) is 0 Å². The molecule has 0 bridgehead atoms. The monoisotopic (exact) mass is 322 g/mol. The summed E-state index contributed by atoms with van der Waals surface area (Å²) in [6.07, 6.45) is 0. The fourth-order valence-electron chi connectivity index (χ4n) is 2.34. The number of anilines is 1. The second-order valence-electron chi connectivity index (χ2n) is 4.81. The van der Waals surface area contributed by atoms with Gasteiger partial charge in [0, 0.05) is 10.7 Å². The molecule has 0 saturated heterocycles. The Bertz CT molecular complexity index is 691. The third-order valence-corrected chi connectivity index (χ3v) is 5.42. The fraction of sp³-hybridized carbons (Fsp3) is 0.267. The molecule has 0 N–H and O–H groups in total. The predicted molar refractivity (Wildman–Crippen MR) is 90.7 cm³/mol. The van der Waals surface area contributed by atoms with Crippen LogP contribution in [0.1, 0.15) is 21.1 Å². The number of aryl methyl sites for hydroxylation is 3. The molecule has 2 heterocycles. The van der Waals surface area contributed by atoms with Crippen LogP contribution in [0.2, 0.25) is 5.02 Å². The van der Waals surface area contributed by atoms with Crippen molar-refractivity contribution in [3.63, 3.8) is 0 Å². The minimum absolute atomic E-state index is 0.777. The Kier molecular flexibility index (Phi) is 3.80. The summed E-state index contributed by atoms with van der Waals surface area (Å²) in [4.78, 5) is 8.12. The van der Waals surface area contributed by atoms with Crippen LogP contribution in [0.25, 0.3) is 5.70 Å². The van der Waals surface area contributed by atoms with Gasteiger partial charge in [0.25, 0.3) is 0 Å². The Balaban J connectivity index is 2.05. The lowest BCUT2D eigenvalue weighted by Gasteiger charge is -2.23. The summed E-state index contributed by atoms with van der Waals surface area (Å²) in [5.41, 5.74) is 4.76. The number of thiazole rings is 1. The van der Waals surface area contributed by atoms with E-state index >= 15 is 0 Å². The first-order valence-electron chi connectivity index (χ1n) is 6.36. The number of halogens is 1. The van der Waals surface area contributed by atoms with Crippen molar-refractivity contribution in [2.45, 2.75) is 20.8 Å². The van der Waals surface area contributed by atoms with Gasteiger partial charge in [0.15, 0.2) is 0 Å². The van der Waals surface area contributed by atoms with E-state index in [4.69, 9.17) is 11.6 Å². The second-order valence-corrected chi connectivity index (χ2v) is 7.27. The summed E-state index contributed by atoms with van der Waals surface area (Å²) < 4.78 is 0. The van der Waals surface area contributed by atoms with Crippen molar-refractivity contribution < 1.29 is 0 Å². The van der Waals surface area contributed by atoms with Gasteiger partial charge in [-0.25, -0.2) is 4.98 Å².